The molecule has 0 bridgehead atoms. The third-order valence-corrected chi connectivity index (χ3v) is 2.47. The number of aromatic carboxylic acids is 1. The zero-order valence-electron chi connectivity index (χ0n) is 9.70. The summed E-state index contributed by atoms with van der Waals surface area (Å²) in [6.07, 6.45) is -0.0526. The molecule has 5 heteroatoms. The van der Waals surface area contributed by atoms with Crippen LogP contribution in [0.2, 0.25) is 0 Å². The van der Waals surface area contributed by atoms with E-state index in [1.165, 1.54) is 6.07 Å². The second-order valence-electron chi connectivity index (χ2n) is 3.28. The molecule has 0 aromatic heterocycles. The minimum Gasteiger partial charge on any atom is -0.478 e. The molecule has 0 amide bonds. The van der Waals surface area contributed by atoms with E-state index in [1.807, 2.05) is 0 Å². The van der Waals surface area contributed by atoms with Gasteiger partial charge in [0.05, 0.1) is 12.2 Å². The molecule has 0 fully saturated rings. The van der Waals surface area contributed by atoms with Crippen molar-refractivity contribution in [2.45, 2.75) is 13.3 Å². The van der Waals surface area contributed by atoms with E-state index < -0.39 is 11.9 Å². The fourth-order valence-electron chi connectivity index (χ4n) is 1.23. The van der Waals surface area contributed by atoms with Gasteiger partial charge in [-0.3, -0.25) is 4.79 Å². The maximum atomic E-state index is 11.1. The van der Waals surface area contributed by atoms with Crippen molar-refractivity contribution in [2.24, 2.45) is 0 Å². The normalized spacial score (nSPS) is 9.22. The SMILES string of the molecule is CCOC(=O)CC#Cc1ccc(Br)cc1C(=O)O. The molecule has 0 saturated carbocycles. The van der Waals surface area contributed by atoms with Crippen LogP contribution < -0.4 is 0 Å². The summed E-state index contributed by atoms with van der Waals surface area (Å²) in [6, 6.07) is 4.75. The van der Waals surface area contributed by atoms with Crippen LogP contribution in [-0.2, 0) is 9.53 Å². The van der Waals surface area contributed by atoms with Gasteiger partial charge in [0.2, 0.25) is 0 Å². The second-order valence-corrected chi connectivity index (χ2v) is 4.19. The number of carbonyl (C=O) groups is 2. The van der Waals surface area contributed by atoms with Crippen LogP contribution in [0.1, 0.15) is 29.3 Å². The Balaban J connectivity index is 2.88. The van der Waals surface area contributed by atoms with Gasteiger partial charge >= 0.3 is 11.9 Å². The minimum absolute atomic E-state index is 0.0526. The lowest BCUT2D eigenvalue weighted by Crippen LogP contribution is -2.02. The molecule has 0 atom stereocenters. The summed E-state index contributed by atoms with van der Waals surface area (Å²) in [6.45, 7) is 2.02. The van der Waals surface area contributed by atoms with Crippen LogP contribution in [0, 0.1) is 11.8 Å². The third-order valence-electron chi connectivity index (χ3n) is 1.97. The number of rotatable bonds is 3. The lowest BCUT2D eigenvalue weighted by molar-refractivity contribution is -0.141. The van der Waals surface area contributed by atoms with Gasteiger partial charge in [0.1, 0.15) is 6.42 Å². The number of carbonyl (C=O) groups excluding carboxylic acids is 1. The van der Waals surface area contributed by atoms with Crippen molar-refractivity contribution in [2.75, 3.05) is 6.61 Å². The van der Waals surface area contributed by atoms with Crippen molar-refractivity contribution in [3.05, 3.63) is 33.8 Å². The standard InChI is InChI=1S/C13H11BrO4/c1-2-18-12(15)5-3-4-9-6-7-10(14)8-11(9)13(16)17/h6-8H,2,5H2,1H3,(H,16,17). The number of benzene rings is 1. The Morgan fingerprint density at radius 3 is 2.78 bits per heavy atom. The fraction of sp³-hybridized carbons (Fsp3) is 0.231. The predicted molar refractivity (Wildman–Crippen MR) is 69.2 cm³/mol. The molecule has 1 aromatic rings. The molecule has 1 rings (SSSR count). The van der Waals surface area contributed by atoms with Crippen LogP contribution >= 0.6 is 15.9 Å². The second kappa shape index (κ2) is 6.82. The highest BCUT2D eigenvalue weighted by atomic mass is 79.9. The van der Waals surface area contributed by atoms with Crippen molar-refractivity contribution in [1.29, 1.82) is 0 Å². The van der Waals surface area contributed by atoms with Gasteiger partial charge < -0.3 is 9.84 Å². The van der Waals surface area contributed by atoms with Crippen LogP contribution in [0.4, 0.5) is 0 Å². The summed E-state index contributed by atoms with van der Waals surface area (Å²) >= 11 is 3.19. The van der Waals surface area contributed by atoms with Crippen molar-refractivity contribution in [3.63, 3.8) is 0 Å². The Kier molecular flexibility index (Phi) is 5.40. The number of esters is 1. The molecular weight excluding hydrogens is 300 g/mol. The number of hydrogen-bond acceptors (Lipinski definition) is 3. The van der Waals surface area contributed by atoms with Crippen LogP contribution in [0.5, 0.6) is 0 Å². The van der Waals surface area contributed by atoms with Gasteiger partial charge in [-0.05, 0) is 25.1 Å². The van der Waals surface area contributed by atoms with E-state index in [0.29, 0.717) is 16.6 Å². The molecule has 0 unspecified atom stereocenters. The molecule has 0 aliphatic carbocycles. The van der Waals surface area contributed by atoms with Gasteiger partial charge in [0.15, 0.2) is 0 Å². The average Bonchev–Trinajstić information content (AvgIpc) is 2.31. The number of hydrogen-bond donors (Lipinski definition) is 1. The molecule has 0 heterocycles. The van der Waals surface area contributed by atoms with E-state index in [2.05, 4.69) is 27.8 Å². The Morgan fingerprint density at radius 1 is 1.44 bits per heavy atom. The number of carboxylic acid groups (broad SMARTS) is 1. The lowest BCUT2D eigenvalue weighted by Gasteiger charge is -1.99. The van der Waals surface area contributed by atoms with Crippen LogP contribution in [0.3, 0.4) is 0 Å². The van der Waals surface area contributed by atoms with Gasteiger partial charge in [-0.15, -0.1) is 0 Å². The molecule has 0 aliphatic rings. The molecule has 18 heavy (non-hydrogen) atoms. The van der Waals surface area contributed by atoms with E-state index in [9.17, 15) is 9.59 Å². The van der Waals surface area contributed by atoms with E-state index >= 15 is 0 Å². The van der Waals surface area contributed by atoms with Crippen LogP contribution in [0.25, 0.3) is 0 Å². The molecule has 1 N–H and O–H groups in total. The maximum Gasteiger partial charge on any atom is 0.337 e. The highest BCUT2D eigenvalue weighted by Gasteiger charge is 2.08. The predicted octanol–water partition coefficient (Wildman–Crippen LogP) is 2.45. The van der Waals surface area contributed by atoms with Gasteiger partial charge in [-0.1, -0.05) is 27.8 Å². The topological polar surface area (TPSA) is 63.6 Å². The van der Waals surface area contributed by atoms with Crippen molar-refractivity contribution in [1.82, 2.24) is 0 Å². The third kappa shape index (κ3) is 4.22. The number of ether oxygens (including phenoxy) is 1. The minimum atomic E-state index is -1.06. The number of halogens is 1. The monoisotopic (exact) mass is 310 g/mol. The molecule has 0 radical (unpaired) electrons. The van der Waals surface area contributed by atoms with Gasteiger partial charge in [0, 0.05) is 10.0 Å². The molecule has 0 spiro atoms. The lowest BCUT2D eigenvalue weighted by atomic mass is 10.1. The molecule has 0 saturated heterocycles. The summed E-state index contributed by atoms with van der Waals surface area (Å²) in [4.78, 5) is 22.1. The molecule has 4 nitrogen and oxygen atoms in total. The average molecular weight is 311 g/mol. The van der Waals surface area contributed by atoms with E-state index in [1.54, 1.807) is 19.1 Å². The van der Waals surface area contributed by atoms with Gasteiger partial charge in [-0.25, -0.2) is 4.79 Å². The van der Waals surface area contributed by atoms with Crippen molar-refractivity contribution < 1.29 is 19.4 Å². The smallest absolute Gasteiger partial charge is 0.337 e. The van der Waals surface area contributed by atoms with Crippen LogP contribution in [-0.4, -0.2) is 23.7 Å². The zero-order chi connectivity index (χ0) is 13.5. The summed E-state index contributed by atoms with van der Waals surface area (Å²) in [5, 5.41) is 9.00. The maximum absolute atomic E-state index is 11.1. The van der Waals surface area contributed by atoms with E-state index in [4.69, 9.17) is 9.84 Å². The largest absolute Gasteiger partial charge is 0.478 e. The van der Waals surface area contributed by atoms with Crippen molar-refractivity contribution in [3.8, 4) is 11.8 Å². The molecule has 94 valence electrons. The highest BCUT2D eigenvalue weighted by Crippen LogP contribution is 2.16. The first-order valence-corrected chi connectivity index (χ1v) is 6.01. The quantitative estimate of drug-likeness (QED) is 0.688. The summed E-state index contributed by atoms with van der Waals surface area (Å²) < 4.78 is 5.37. The highest BCUT2D eigenvalue weighted by molar-refractivity contribution is 9.10. The van der Waals surface area contributed by atoms with E-state index in [0.717, 1.165) is 0 Å². The molecule has 0 aliphatic heterocycles. The first-order valence-electron chi connectivity index (χ1n) is 5.22. The Bertz CT molecular complexity index is 526. The zero-order valence-corrected chi connectivity index (χ0v) is 11.3. The summed E-state index contributed by atoms with van der Waals surface area (Å²) in [5.74, 6) is 3.78. The Hall–Kier alpha value is -1.80. The van der Waals surface area contributed by atoms with E-state index in [-0.39, 0.29) is 12.0 Å². The number of carboxylic acids is 1. The Labute approximate surface area is 113 Å². The molecule has 1 aromatic carbocycles. The summed E-state index contributed by atoms with van der Waals surface area (Å²) in [5.41, 5.74) is 0.468. The van der Waals surface area contributed by atoms with Gasteiger partial charge in [-0.2, -0.15) is 0 Å². The van der Waals surface area contributed by atoms with Crippen LogP contribution in [0.15, 0.2) is 22.7 Å². The fourth-order valence-corrected chi connectivity index (χ4v) is 1.59. The summed E-state index contributed by atoms with van der Waals surface area (Å²) in [7, 11) is 0. The molecular formula is C13H11BrO4. The Morgan fingerprint density at radius 2 is 2.17 bits per heavy atom. The van der Waals surface area contributed by atoms with Crippen molar-refractivity contribution >= 4 is 27.9 Å². The first-order chi connectivity index (χ1) is 8.54. The van der Waals surface area contributed by atoms with Gasteiger partial charge in [0.25, 0.3) is 0 Å². The first kappa shape index (κ1) is 14.3.